The van der Waals surface area contributed by atoms with Crippen molar-refractivity contribution in [2.75, 3.05) is 26.7 Å². The van der Waals surface area contributed by atoms with Gasteiger partial charge in [0.25, 0.3) is 0 Å². The van der Waals surface area contributed by atoms with E-state index in [0.29, 0.717) is 5.92 Å². The number of rotatable bonds is 4. The molecule has 1 aromatic carbocycles. The second-order valence-corrected chi connectivity index (χ2v) is 7.65. The molecule has 1 aromatic rings. The Bertz CT molecular complexity index is 591. The van der Waals surface area contributed by atoms with Crippen molar-refractivity contribution in [2.45, 2.75) is 25.8 Å². The van der Waals surface area contributed by atoms with Crippen molar-refractivity contribution in [3.8, 4) is 5.75 Å². The van der Waals surface area contributed by atoms with Crippen molar-refractivity contribution in [1.29, 1.82) is 0 Å². The molecule has 2 heterocycles. The quantitative estimate of drug-likeness (QED) is 0.785. The standard InChI is InChI=1S/C16H21Br2N3O/c1-3-5-21-6-4-14-12(9-21)15(20-19-14)11-7-10(17)8-13(18)16(11)22-2/h7-8,12,15,20H,3-6,9H2,1-2H3. The number of halogens is 2. The van der Waals surface area contributed by atoms with Crippen molar-refractivity contribution >= 4 is 37.6 Å². The van der Waals surface area contributed by atoms with E-state index in [9.17, 15) is 0 Å². The van der Waals surface area contributed by atoms with Crippen LogP contribution in [0.1, 0.15) is 31.4 Å². The van der Waals surface area contributed by atoms with E-state index in [1.165, 1.54) is 12.1 Å². The fourth-order valence-corrected chi connectivity index (χ4v) is 4.86. The monoisotopic (exact) mass is 429 g/mol. The Balaban J connectivity index is 1.90. The van der Waals surface area contributed by atoms with Crippen LogP contribution in [0.15, 0.2) is 26.2 Å². The molecule has 3 rings (SSSR count). The van der Waals surface area contributed by atoms with Gasteiger partial charge >= 0.3 is 0 Å². The second kappa shape index (κ2) is 6.89. The Labute approximate surface area is 148 Å². The lowest BCUT2D eigenvalue weighted by Crippen LogP contribution is -2.42. The Morgan fingerprint density at radius 1 is 1.41 bits per heavy atom. The molecule has 0 bridgehead atoms. The first-order chi connectivity index (χ1) is 10.6. The van der Waals surface area contributed by atoms with E-state index in [1.807, 2.05) is 6.07 Å². The maximum Gasteiger partial charge on any atom is 0.138 e. The third kappa shape index (κ3) is 3.05. The molecule has 1 N–H and O–H groups in total. The summed E-state index contributed by atoms with van der Waals surface area (Å²) in [6, 6.07) is 4.33. The molecule has 0 aromatic heterocycles. The van der Waals surface area contributed by atoms with Crippen LogP contribution in [0.4, 0.5) is 0 Å². The van der Waals surface area contributed by atoms with Gasteiger partial charge in [0.1, 0.15) is 5.75 Å². The topological polar surface area (TPSA) is 36.9 Å². The van der Waals surface area contributed by atoms with Gasteiger partial charge in [0.15, 0.2) is 0 Å². The van der Waals surface area contributed by atoms with E-state index in [4.69, 9.17) is 4.74 Å². The number of hydrazone groups is 1. The average molecular weight is 431 g/mol. The molecule has 2 aliphatic rings. The first-order valence-corrected chi connectivity index (χ1v) is 9.30. The van der Waals surface area contributed by atoms with Crippen LogP contribution in [-0.4, -0.2) is 37.4 Å². The van der Waals surface area contributed by atoms with Crippen molar-refractivity contribution in [1.82, 2.24) is 10.3 Å². The number of likely N-dealkylation sites (tertiary alicyclic amines) is 1. The zero-order valence-electron chi connectivity index (χ0n) is 12.9. The number of nitrogens with zero attached hydrogens (tertiary/aromatic N) is 2. The van der Waals surface area contributed by atoms with E-state index in [2.05, 4.69) is 60.3 Å². The van der Waals surface area contributed by atoms with Crippen LogP contribution in [0.5, 0.6) is 5.75 Å². The van der Waals surface area contributed by atoms with Crippen LogP contribution in [0.3, 0.4) is 0 Å². The van der Waals surface area contributed by atoms with Gasteiger partial charge in [-0.25, -0.2) is 0 Å². The largest absolute Gasteiger partial charge is 0.495 e. The molecule has 2 aliphatic heterocycles. The SMILES string of the molecule is CCCN1CCC2=NNC(c3cc(Br)cc(Br)c3OC)C2C1. The summed E-state index contributed by atoms with van der Waals surface area (Å²) >= 11 is 7.19. The first-order valence-electron chi connectivity index (χ1n) is 7.71. The average Bonchev–Trinajstić information content (AvgIpc) is 2.90. The second-order valence-electron chi connectivity index (χ2n) is 5.88. The first kappa shape index (κ1) is 16.3. The molecular weight excluding hydrogens is 410 g/mol. The predicted molar refractivity (Wildman–Crippen MR) is 96.5 cm³/mol. The minimum absolute atomic E-state index is 0.179. The molecular formula is C16H21Br2N3O. The molecule has 4 nitrogen and oxygen atoms in total. The molecule has 1 saturated heterocycles. The highest BCUT2D eigenvalue weighted by Crippen LogP contribution is 2.41. The zero-order chi connectivity index (χ0) is 15.7. The van der Waals surface area contributed by atoms with Crippen LogP contribution in [0.2, 0.25) is 0 Å². The van der Waals surface area contributed by atoms with Crippen molar-refractivity contribution in [3.63, 3.8) is 0 Å². The highest BCUT2D eigenvalue weighted by atomic mass is 79.9. The lowest BCUT2D eigenvalue weighted by atomic mass is 9.86. The van der Waals surface area contributed by atoms with Crippen LogP contribution in [-0.2, 0) is 0 Å². The lowest BCUT2D eigenvalue weighted by Gasteiger charge is -2.33. The number of nitrogens with one attached hydrogen (secondary N) is 1. The van der Waals surface area contributed by atoms with Gasteiger partial charge in [-0.2, -0.15) is 5.10 Å². The highest BCUT2D eigenvalue weighted by molar-refractivity contribution is 9.11. The van der Waals surface area contributed by atoms with Crippen molar-refractivity contribution in [2.24, 2.45) is 11.0 Å². The maximum absolute atomic E-state index is 5.63. The fourth-order valence-electron chi connectivity index (χ4n) is 3.44. The third-order valence-corrected chi connectivity index (χ3v) is 5.48. The van der Waals surface area contributed by atoms with Gasteiger partial charge in [-0.05, 0) is 41.0 Å². The fraction of sp³-hybridized carbons (Fsp3) is 0.562. The molecule has 0 amide bonds. The smallest absolute Gasteiger partial charge is 0.138 e. The molecule has 2 unspecified atom stereocenters. The summed E-state index contributed by atoms with van der Waals surface area (Å²) < 4.78 is 7.64. The summed E-state index contributed by atoms with van der Waals surface area (Å²) in [6.45, 7) is 5.59. The normalized spacial score (nSPS) is 24.6. The van der Waals surface area contributed by atoms with E-state index >= 15 is 0 Å². The Kier molecular flexibility index (Phi) is 5.10. The number of methoxy groups -OCH3 is 1. The van der Waals surface area contributed by atoms with E-state index in [-0.39, 0.29) is 6.04 Å². The van der Waals surface area contributed by atoms with Crippen LogP contribution < -0.4 is 10.2 Å². The van der Waals surface area contributed by atoms with Gasteiger partial charge in [0.2, 0.25) is 0 Å². The molecule has 0 saturated carbocycles. The number of ether oxygens (including phenoxy) is 1. The van der Waals surface area contributed by atoms with Crippen LogP contribution >= 0.6 is 31.9 Å². The molecule has 2 atom stereocenters. The van der Waals surface area contributed by atoms with Gasteiger partial charge in [-0.3, -0.25) is 0 Å². The lowest BCUT2D eigenvalue weighted by molar-refractivity contribution is 0.227. The molecule has 120 valence electrons. The number of hydrogen-bond acceptors (Lipinski definition) is 4. The van der Waals surface area contributed by atoms with Crippen molar-refractivity contribution in [3.05, 3.63) is 26.6 Å². The van der Waals surface area contributed by atoms with E-state index in [0.717, 1.165) is 46.3 Å². The van der Waals surface area contributed by atoms with E-state index in [1.54, 1.807) is 7.11 Å². The van der Waals surface area contributed by atoms with Crippen LogP contribution in [0.25, 0.3) is 0 Å². The van der Waals surface area contributed by atoms with Gasteiger partial charge in [0, 0.05) is 41.2 Å². The molecule has 0 spiro atoms. The summed E-state index contributed by atoms with van der Waals surface area (Å²) in [7, 11) is 1.72. The molecule has 0 radical (unpaired) electrons. The number of hydrogen-bond donors (Lipinski definition) is 1. The Morgan fingerprint density at radius 2 is 2.23 bits per heavy atom. The summed E-state index contributed by atoms with van der Waals surface area (Å²) in [6.07, 6.45) is 2.26. The van der Waals surface area contributed by atoms with Gasteiger partial charge in [0.05, 0.1) is 17.6 Å². The molecule has 22 heavy (non-hydrogen) atoms. The molecule has 6 heteroatoms. The zero-order valence-corrected chi connectivity index (χ0v) is 16.1. The summed E-state index contributed by atoms with van der Waals surface area (Å²) in [5.74, 6) is 1.32. The maximum atomic E-state index is 5.63. The molecule has 1 fully saturated rings. The Morgan fingerprint density at radius 3 is 2.95 bits per heavy atom. The van der Waals surface area contributed by atoms with E-state index < -0.39 is 0 Å². The minimum Gasteiger partial charge on any atom is -0.495 e. The van der Waals surface area contributed by atoms with Crippen molar-refractivity contribution < 1.29 is 4.74 Å². The number of fused-ring (bicyclic) bond motifs is 1. The number of piperidine rings is 1. The van der Waals surface area contributed by atoms with Crippen LogP contribution in [0, 0.1) is 5.92 Å². The highest BCUT2D eigenvalue weighted by Gasteiger charge is 2.38. The number of benzene rings is 1. The summed E-state index contributed by atoms with van der Waals surface area (Å²) in [5, 5.41) is 4.60. The predicted octanol–water partition coefficient (Wildman–Crippen LogP) is 3.95. The molecule has 0 aliphatic carbocycles. The summed E-state index contributed by atoms with van der Waals surface area (Å²) in [5.41, 5.74) is 5.81. The Hall–Kier alpha value is -0.590. The minimum atomic E-state index is 0.179. The van der Waals surface area contributed by atoms with Gasteiger partial charge < -0.3 is 15.1 Å². The third-order valence-electron chi connectivity index (χ3n) is 4.43. The van der Waals surface area contributed by atoms with Gasteiger partial charge in [-0.15, -0.1) is 0 Å². The summed E-state index contributed by atoms with van der Waals surface area (Å²) in [4.78, 5) is 2.54. The van der Waals surface area contributed by atoms with Gasteiger partial charge in [-0.1, -0.05) is 22.9 Å².